The fraction of sp³-hybridized carbons (Fsp3) is 0.314. The van der Waals surface area contributed by atoms with Crippen molar-refractivity contribution in [3.8, 4) is 0 Å². The quantitative estimate of drug-likeness (QED) is 0.154. The molecule has 0 amide bonds. The zero-order chi connectivity index (χ0) is 29.2. The number of hydrogen-bond acceptors (Lipinski definition) is 4. The van der Waals surface area contributed by atoms with E-state index in [4.69, 9.17) is 29.2 Å². The molecule has 0 radical (unpaired) electrons. The number of pyridine rings is 1. The van der Waals surface area contributed by atoms with Crippen LogP contribution in [-0.2, 0) is 16.8 Å². The number of aryl methyl sites for hydroxylation is 1. The molecule has 41 heavy (non-hydrogen) atoms. The van der Waals surface area contributed by atoms with E-state index in [-0.39, 0.29) is 23.0 Å². The maximum absolute atomic E-state index is 11.7. The fourth-order valence-corrected chi connectivity index (χ4v) is 6.73. The second kappa shape index (κ2) is 12.0. The predicted molar refractivity (Wildman–Crippen MR) is 172 cm³/mol. The van der Waals surface area contributed by atoms with Gasteiger partial charge in [-0.05, 0) is 97.4 Å². The summed E-state index contributed by atoms with van der Waals surface area (Å²) in [6, 6.07) is 26.2. The topological polar surface area (TPSA) is 70.4 Å². The molecule has 2 atom stereocenters. The first-order valence-corrected chi connectivity index (χ1v) is 15.0. The summed E-state index contributed by atoms with van der Waals surface area (Å²) in [7, 11) is 0. The average molecular weight is 586 g/mol. The Morgan fingerprint density at radius 2 is 1.80 bits per heavy atom. The zero-order valence-electron chi connectivity index (χ0n) is 23.4. The van der Waals surface area contributed by atoms with Crippen molar-refractivity contribution < 1.29 is 15.0 Å². The summed E-state index contributed by atoms with van der Waals surface area (Å²) >= 11 is 11.3. The van der Waals surface area contributed by atoms with Crippen molar-refractivity contribution in [1.29, 1.82) is 0 Å². The van der Waals surface area contributed by atoms with E-state index in [0.717, 1.165) is 64.5 Å². The number of aliphatic carboxylic acids is 1. The van der Waals surface area contributed by atoms with Crippen LogP contribution in [0, 0.1) is 5.41 Å². The van der Waals surface area contributed by atoms with Crippen LogP contribution in [0.4, 0.5) is 0 Å². The summed E-state index contributed by atoms with van der Waals surface area (Å²) in [5, 5.41) is 22.0. The number of fused-ring (bicyclic) bond motifs is 1. The molecule has 0 spiro atoms. The van der Waals surface area contributed by atoms with Crippen LogP contribution >= 0.6 is 24.2 Å². The van der Waals surface area contributed by atoms with Gasteiger partial charge in [0.25, 0.3) is 0 Å². The maximum Gasteiger partial charge on any atom is 0.303 e. The molecule has 1 aromatic heterocycles. The van der Waals surface area contributed by atoms with Crippen LogP contribution in [-0.4, -0.2) is 26.4 Å². The van der Waals surface area contributed by atoms with Crippen LogP contribution < -0.4 is 0 Å². The highest BCUT2D eigenvalue weighted by Gasteiger charge is 2.51. The van der Waals surface area contributed by atoms with Crippen molar-refractivity contribution in [2.75, 3.05) is 0 Å². The van der Waals surface area contributed by atoms with Crippen molar-refractivity contribution in [3.05, 3.63) is 112 Å². The Morgan fingerprint density at radius 3 is 2.54 bits per heavy atom. The van der Waals surface area contributed by atoms with Crippen molar-refractivity contribution in [1.82, 2.24) is 4.98 Å². The number of carboxylic acids is 1. The average Bonchev–Trinajstić information content (AvgIpc) is 3.71. The highest BCUT2D eigenvalue weighted by Crippen LogP contribution is 2.58. The van der Waals surface area contributed by atoms with Gasteiger partial charge in [-0.2, -0.15) is 12.6 Å². The van der Waals surface area contributed by atoms with Gasteiger partial charge in [0.1, 0.15) is 0 Å². The Labute approximate surface area is 252 Å². The van der Waals surface area contributed by atoms with E-state index in [1.165, 1.54) is 0 Å². The molecular weight excluding hydrogens is 550 g/mol. The number of benzene rings is 3. The normalized spacial score (nSPS) is 16.1. The van der Waals surface area contributed by atoms with Crippen LogP contribution in [0.1, 0.15) is 73.4 Å². The Kier molecular flexibility index (Phi) is 8.60. The van der Waals surface area contributed by atoms with Crippen molar-refractivity contribution in [2.24, 2.45) is 5.41 Å². The molecule has 1 saturated carbocycles. The highest BCUT2D eigenvalue weighted by molar-refractivity contribution is 7.81. The molecule has 1 unspecified atom stereocenters. The molecule has 1 aliphatic rings. The van der Waals surface area contributed by atoms with Crippen LogP contribution in [0.15, 0.2) is 78.9 Å². The standard InChI is InChI=1S/C35H36ClNO3S/c1-34(2,40)30-9-4-3-7-24(30)13-17-29(33(41)35(18-19-35)22-32(38)39)26-8-5-6-23(20-26)10-15-28-16-12-25-11-14-27(36)21-31(25)37-28/h3-12,14-16,20-21,29,33,40-41H,13,17-19,22H2,1-2H3,(H,38,39)/b15-10+/t29?,33-/m1/s1. The maximum atomic E-state index is 11.7. The molecule has 0 bridgehead atoms. The smallest absolute Gasteiger partial charge is 0.303 e. The Hall–Kier alpha value is -3.12. The molecule has 1 heterocycles. The SMILES string of the molecule is CC(C)(O)c1ccccc1CCC(c1cccc(/C=C/c2ccc3ccc(Cl)cc3n2)c1)[C@@H](S)C1(CC(=O)O)CC1. The lowest BCUT2D eigenvalue weighted by atomic mass is 9.79. The monoisotopic (exact) mass is 585 g/mol. The first-order valence-electron chi connectivity index (χ1n) is 14.1. The van der Waals surface area contributed by atoms with Gasteiger partial charge in [-0.25, -0.2) is 4.98 Å². The van der Waals surface area contributed by atoms with Gasteiger partial charge in [-0.1, -0.05) is 78.3 Å². The molecule has 3 aromatic carbocycles. The van der Waals surface area contributed by atoms with Gasteiger partial charge in [0.05, 0.1) is 23.2 Å². The second-order valence-corrected chi connectivity index (χ2v) is 12.8. The molecular formula is C35H36ClNO3S. The van der Waals surface area contributed by atoms with Gasteiger partial charge in [0.15, 0.2) is 0 Å². The third-order valence-corrected chi connectivity index (χ3v) is 9.41. The lowest BCUT2D eigenvalue weighted by Crippen LogP contribution is -2.27. The zero-order valence-corrected chi connectivity index (χ0v) is 25.1. The van der Waals surface area contributed by atoms with Crippen LogP contribution in [0.25, 0.3) is 23.1 Å². The summed E-state index contributed by atoms with van der Waals surface area (Å²) in [6.45, 7) is 3.62. The van der Waals surface area contributed by atoms with Crippen molar-refractivity contribution >= 4 is 53.3 Å². The number of carbonyl (C=O) groups is 1. The summed E-state index contributed by atoms with van der Waals surface area (Å²) in [5.41, 5.74) is 4.66. The molecule has 1 aliphatic carbocycles. The first kappa shape index (κ1) is 29.4. The molecule has 0 saturated heterocycles. The second-order valence-electron chi connectivity index (χ2n) is 11.8. The number of rotatable bonds is 11. The number of aliphatic hydroxyl groups is 1. The number of halogens is 1. The van der Waals surface area contributed by atoms with Gasteiger partial charge < -0.3 is 10.2 Å². The molecule has 4 nitrogen and oxygen atoms in total. The molecule has 5 rings (SSSR count). The summed E-state index contributed by atoms with van der Waals surface area (Å²) in [4.78, 5) is 16.5. The number of nitrogens with zero attached hydrogens (tertiary/aromatic N) is 1. The number of carboxylic acid groups (broad SMARTS) is 1. The third kappa shape index (κ3) is 7.03. The van der Waals surface area contributed by atoms with E-state index < -0.39 is 11.6 Å². The minimum atomic E-state index is -0.944. The molecule has 2 N–H and O–H groups in total. The van der Waals surface area contributed by atoms with Crippen LogP contribution in [0.2, 0.25) is 5.02 Å². The molecule has 1 fully saturated rings. The number of thiol groups is 1. The van der Waals surface area contributed by atoms with Gasteiger partial charge in [-0.3, -0.25) is 4.79 Å². The first-order chi connectivity index (χ1) is 19.5. The van der Waals surface area contributed by atoms with E-state index in [2.05, 4.69) is 36.4 Å². The van der Waals surface area contributed by atoms with E-state index in [1.54, 1.807) is 0 Å². The van der Waals surface area contributed by atoms with Gasteiger partial charge in [-0.15, -0.1) is 0 Å². The number of hydrogen-bond donors (Lipinski definition) is 3. The highest BCUT2D eigenvalue weighted by atomic mass is 35.5. The predicted octanol–water partition coefficient (Wildman–Crippen LogP) is 8.56. The van der Waals surface area contributed by atoms with Gasteiger partial charge in [0.2, 0.25) is 0 Å². The summed E-state index contributed by atoms with van der Waals surface area (Å²) in [5.74, 6) is -0.724. The van der Waals surface area contributed by atoms with Crippen molar-refractivity contribution in [3.63, 3.8) is 0 Å². The number of aromatic nitrogens is 1. The molecule has 4 aromatic rings. The molecule has 0 aliphatic heterocycles. The van der Waals surface area contributed by atoms with Crippen LogP contribution in [0.5, 0.6) is 0 Å². The third-order valence-electron chi connectivity index (χ3n) is 8.27. The summed E-state index contributed by atoms with van der Waals surface area (Å²) < 4.78 is 0. The van der Waals surface area contributed by atoms with Gasteiger partial charge in [0, 0.05) is 15.7 Å². The van der Waals surface area contributed by atoms with Crippen LogP contribution in [0.3, 0.4) is 0 Å². The Bertz CT molecular complexity index is 1590. The van der Waals surface area contributed by atoms with E-state index in [9.17, 15) is 15.0 Å². The van der Waals surface area contributed by atoms with Gasteiger partial charge >= 0.3 is 5.97 Å². The van der Waals surface area contributed by atoms with E-state index in [0.29, 0.717) is 5.02 Å². The lowest BCUT2D eigenvalue weighted by Gasteiger charge is -2.31. The fourth-order valence-electron chi connectivity index (χ4n) is 5.89. The lowest BCUT2D eigenvalue weighted by molar-refractivity contribution is -0.138. The molecule has 6 heteroatoms. The van der Waals surface area contributed by atoms with E-state index >= 15 is 0 Å². The van der Waals surface area contributed by atoms with Crippen molar-refractivity contribution in [2.45, 2.75) is 62.7 Å². The molecule has 212 valence electrons. The largest absolute Gasteiger partial charge is 0.481 e. The van der Waals surface area contributed by atoms with E-state index in [1.807, 2.05) is 68.5 Å². The Balaban J connectivity index is 1.43. The summed E-state index contributed by atoms with van der Waals surface area (Å²) in [6.07, 6.45) is 7.50. The minimum absolute atomic E-state index is 0.0457. The minimum Gasteiger partial charge on any atom is -0.481 e. The Morgan fingerprint density at radius 1 is 1.05 bits per heavy atom.